The normalized spacial score (nSPS) is 11.6. The van der Waals surface area contributed by atoms with Crippen LogP contribution >= 0.6 is 0 Å². The molecule has 5 heteroatoms. The first kappa shape index (κ1) is 23.2. The maximum absolute atomic E-state index is 13.5. The van der Waals surface area contributed by atoms with Gasteiger partial charge in [-0.3, -0.25) is 9.59 Å². The summed E-state index contributed by atoms with van der Waals surface area (Å²) in [6.07, 6.45) is 0.504. The maximum Gasteiger partial charge on any atom is 0.243 e. The van der Waals surface area contributed by atoms with Crippen LogP contribution in [-0.2, 0) is 29.0 Å². The molecule has 2 amide bonds. The Kier molecular flexibility index (Phi) is 8.14. The molecule has 0 heterocycles. The molecular weight excluding hydrogens is 403 g/mol. The molecule has 166 valence electrons. The summed E-state index contributed by atoms with van der Waals surface area (Å²) < 4.78 is 13.3. The minimum Gasteiger partial charge on any atom is -0.355 e. The van der Waals surface area contributed by atoms with Crippen molar-refractivity contribution in [1.82, 2.24) is 10.2 Å². The van der Waals surface area contributed by atoms with Gasteiger partial charge in [-0.2, -0.15) is 0 Å². The van der Waals surface area contributed by atoms with Gasteiger partial charge in [0.05, 0.1) is 6.42 Å². The van der Waals surface area contributed by atoms with Gasteiger partial charge in [-0.1, -0.05) is 72.3 Å². The van der Waals surface area contributed by atoms with Gasteiger partial charge in [0.15, 0.2) is 0 Å². The topological polar surface area (TPSA) is 49.4 Å². The summed E-state index contributed by atoms with van der Waals surface area (Å²) in [6, 6.07) is 22.9. The second kappa shape index (κ2) is 11.2. The summed E-state index contributed by atoms with van der Waals surface area (Å²) in [5.41, 5.74) is 3.73. The molecular formula is C27H29FN2O2. The first-order chi connectivity index (χ1) is 15.5. The fourth-order valence-electron chi connectivity index (χ4n) is 3.73. The molecule has 0 radical (unpaired) electrons. The minimum atomic E-state index is -0.661. The van der Waals surface area contributed by atoms with E-state index >= 15 is 0 Å². The fourth-order valence-corrected chi connectivity index (χ4v) is 3.73. The van der Waals surface area contributed by atoms with Crippen LogP contribution in [0.25, 0.3) is 0 Å². The quantitative estimate of drug-likeness (QED) is 0.543. The lowest BCUT2D eigenvalue weighted by Crippen LogP contribution is -2.50. The molecule has 3 aromatic carbocycles. The van der Waals surface area contributed by atoms with E-state index in [0.29, 0.717) is 25.1 Å². The van der Waals surface area contributed by atoms with Gasteiger partial charge in [-0.25, -0.2) is 4.39 Å². The van der Waals surface area contributed by atoms with Gasteiger partial charge in [0.1, 0.15) is 11.9 Å². The Morgan fingerprint density at radius 2 is 1.59 bits per heavy atom. The Hall–Kier alpha value is -3.47. The van der Waals surface area contributed by atoms with Crippen molar-refractivity contribution in [2.45, 2.75) is 39.3 Å². The number of likely N-dealkylation sites (N-methyl/N-ethyl adjacent to an activating group) is 1. The summed E-state index contributed by atoms with van der Waals surface area (Å²) >= 11 is 0. The lowest BCUT2D eigenvalue weighted by atomic mass is 10.0. The summed E-state index contributed by atoms with van der Waals surface area (Å²) in [5.74, 6) is -0.705. The van der Waals surface area contributed by atoms with Gasteiger partial charge < -0.3 is 10.2 Å². The van der Waals surface area contributed by atoms with Crippen LogP contribution in [0.1, 0.15) is 29.2 Å². The van der Waals surface area contributed by atoms with E-state index < -0.39 is 6.04 Å². The Morgan fingerprint density at radius 3 is 2.25 bits per heavy atom. The predicted octanol–water partition coefficient (Wildman–Crippen LogP) is 4.45. The third-order valence-electron chi connectivity index (χ3n) is 5.33. The van der Waals surface area contributed by atoms with Crippen molar-refractivity contribution < 1.29 is 14.0 Å². The van der Waals surface area contributed by atoms with Crippen LogP contribution in [0.3, 0.4) is 0 Å². The molecule has 0 aliphatic carbocycles. The van der Waals surface area contributed by atoms with Crippen molar-refractivity contribution in [3.05, 3.63) is 107 Å². The molecule has 3 rings (SSSR count). The molecule has 1 N–H and O–H groups in total. The highest BCUT2D eigenvalue weighted by atomic mass is 19.1. The van der Waals surface area contributed by atoms with Gasteiger partial charge in [-0.05, 0) is 42.7 Å². The zero-order valence-electron chi connectivity index (χ0n) is 18.6. The number of benzene rings is 3. The van der Waals surface area contributed by atoms with Crippen molar-refractivity contribution in [1.29, 1.82) is 0 Å². The molecule has 0 bridgehead atoms. The summed E-state index contributed by atoms with van der Waals surface area (Å²) in [7, 11) is 0. The molecule has 0 aromatic heterocycles. The third kappa shape index (κ3) is 6.51. The first-order valence-corrected chi connectivity index (χ1v) is 10.9. The number of carbonyl (C=O) groups is 2. The zero-order chi connectivity index (χ0) is 22.9. The smallest absolute Gasteiger partial charge is 0.243 e. The molecule has 1 atom stereocenters. The Bertz CT molecular complexity index is 1040. The predicted molar refractivity (Wildman–Crippen MR) is 124 cm³/mol. The van der Waals surface area contributed by atoms with E-state index in [-0.39, 0.29) is 24.1 Å². The van der Waals surface area contributed by atoms with Crippen LogP contribution in [0.15, 0.2) is 78.9 Å². The van der Waals surface area contributed by atoms with E-state index in [1.54, 1.807) is 17.0 Å². The number of aryl methyl sites for hydroxylation is 1. The van der Waals surface area contributed by atoms with E-state index in [0.717, 1.165) is 16.7 Å². The number of rotatable bonds is 9. The molecule has 4 nitrogen and oxygen atoms in total. The average Bonchev–Trinajstić information content (AvgIpc) is 2.78. The highest BCUT2D eigenvalue weighted by Gasteiger charge is 2.30. The van der Waals surface area contributed by atoms with Gasteiger partial charge >= 0.3 is 0 Å². The second-order valence-corrected chi connectivity index (χ2v) is 7.91. The number of amides is 2. The van der Waals surface area contributed by atoms with Gasteiger partial charge in [0.25, 0.3) is 0 Å². The van der Waals surface area contributed by atoms with Gasteiger partial charge in [-0.15, -0.1) is 0 Å². The maximum atomic E-state index is 13.5. The van der Waals surface area contributed by atoms with Gasteiger partial charge in [0, 0.05) is 19.5 Å². The fraction of sp³-hybridized carbons (Fsp3) is 0.259. The number of hydrogen-bond donors (Lipinski definition) is 1. The third-order valence-corrected chi connectivity index (χ3v) is 5.33. The average molecular weight is 433 g/mol. The van der Waals surface area contributed by atoms with Crippen molar-refractivity contribution in [3.8, 4) is 0 Å². The second-order valence-electron chi connectivity index (χ2n) is 7.91. The Labute approximate surface area is 189 Å². The molecule has 0 aliphatic heterocycles. The molecule has 0 spiro atoms. The SMILES string of the molecule is CCNC(=O)C(Cc1ccccc1)N(Cc1cccc(C)c1)C(=O)Cc1ccc(F)cc1. The molecule has 3 aromatic rings. The van der Waals surface area contributed by atoms with Crippen molar-refractivity contribution >= 4 is 11.8 Å². The number of nitrogens with one attached hydrogen (secondary N) is 1. The standard InChI is InChI=1S/C27H29FN2O2/c1-3-29-27(32)25(17-21-9-5-4-6-10-21)30(19-23-11-7-8-20(2)16-23)26(31)18-22-12-14-24(28)15-13-22/h4-16,25H,3,17-19H2,1-2H3,(H,29,32). The van der Waals surface area contributed by atoms with Gasteiger partial charge in [0.2, 0.25) is 11.8 Å². The van der Waals surface area contributed by atoms with E-state index in [4.69, 9.17) is 0 Å². The van der Waals surface area contributed by atoms with Crippen LogP contribution in [0, 0.1) is 12.7 Å². The lowest BCUT2D eigenvalue weighted by molar-refractivity contribution is -0.140. The van der Waals surface area contributed by atoms with E-state index in [1.165, 1.54) is 12.1 Å². The largest absolute Gasteiger partial charge is 0.355 e. The Morgan fingerprint density at radius 1 is 0.906 bits per heavy atom. The number of nitrogens with zero attached hydrogens (tertiary/aromatic N) is 1. The van der Waals surface area contributed by atoms with E-state index in [1.807, 2.05) is 68.4 Å². The Balaban J connectivity index is 1.94. The molecule has 0 aliphatic rings. The van der Waals surface area contributed by atoms with Crippen LogP contribution in [0.4, 0.5) is 4.39 Å². The minimum absolute atomic E-state index is 0.0940. The van der Waals surface area contributed by atoms with Crippen LogP contribution in [0.5, 0.6) is 0 Å². The molecule has 32 heavy (non-hydrogen) atoms. The number of halogens is 1. The molecule has 1 unspecified atom stereocenters. The highest BCUT2D eigenvalue weighted by Crippen LogP contribution is 2.17. The first-order valence-electron chi connectivity index (χ1n) is 10.9. The van der Waals surface area contributed by atoms with Crippen LogP contribution in [-0.4, -0.2) is 29.3 Å². The molecule has 0 saturated heterocycles. The van der Waals surface area contributed by atoms with Crippen LogP contribution < -0.4 is 5.32 Å². The van der Waals surface area contributed by atoms with Crippen molar-refractivity contribution in [2.75, 3.05) is 6.54 Å². The number of carbonyl (C=O) groups excluding carboxylic acids is 2. The van der Waals surface area contributed by atoms with Crippen molar-refractivity contribution in [2.24, 2.45) is 0 Å². The van der Waals surface area contributed by atoms with Crippen molar-refractivity contribution in [3.63, 3.8) is 0 Å². The van der Waals surface area contributed by atoms with E-state index in [9.17, 15) is 14.0 Å². The molecule has 0 saturated carbocycles. The molecule has 0 fully saturated rings. The summed E-state index contributed by atoms with van der Waals surface area (Å²) in [4.78, 5) is 28.2. The lowest BCUT2D eigenvalue weighted by Gasteiger charge is -2.31. The summed E-state index contributed by atoms with van der Waals surface area (Å²) in [5, 5.41) is 2.89. The summed E-state index contributed by atoms with van der Waals surface area (Å²) in [6.45, 7) is 4.66. The van der Waals surface area contributed by atoms with Crippen LogP contribution in [0.2, 0.25) is 0 Å². The highest BCUT2D eigenvalue weighted by molar-refractivity contribution is 5.88. The van der Waals surface area contributed by atoms with E-state index in [2.05, 4.69) is 5.32 Å². The zero-order valence-corrected chi connectivity index (χ0v) is 18.6. The number of hydrogen-bond acceptors (Lipinski definition) is 2. The monoisotopic (exact) mass is 432 g/mol.